The molecule has 0 spiro atoms. The standard InChI is InChI=1S/C25H27ClN2O4S/c1-5-32-24-14-11-19(25(29)27-23-8-6-7-22(26)18(23)3)15-20(24)16-28(4)33(30,31)21-12-9-17(2)10-13-21/h6-15H,5,16H2,1-4H3,(H,27,29). The summed E-state index contributed by atoms with van der Waals surface area (Å²) in [6.07, 6.45) is 0. The highest BCUT2D eigenvalue weighted by Gasteiger charge is 2.23. The molecule has 0 unspecified atom stereocenters. The number of hydrogen-bond acceptors (Lipinski definition) is 4. The van der Waals surface area contributed by atoms with Crippen molar-refractivity contribution in [2.75, 3.05) is 19.0 Å². The molecule has 1 N–H and O–H groups in total. The van der Waals surface area contributed by atoms with E-state index in [0.29, 0.717) is 34.2 Å². The van der Waals surface area contributed by atoms with E-state index in [2.05, 4.69) is 5.32 Å². The molecule has 0 fully saturated rings. The second-order valence-corrected chi connectivity index (χ2v) is 10.1. The van der Waals surface area contributed by atoms with Crippen LogP contribution in [0.4, 0.5) is 5.69 Å². The molecule has 33 heavy (non-hydrogen) atoms. The lowest BCUT2D eigenvalue weighted by Crippen LogP contribution is -2.27. The highest BCUT2D eigenvalue weighted by atomic mass is 35.5. The molecule has 174 valence electrons. The van der Waals surface area contributed by atoms with Crippen LogP contribution in [0.15, 0.2) is 65.6 Å². The van der Waals surface area contributed by atoms with Crippen LogP contribution in [0, 0.1) is 13.8 Å². The van der Waals surface area contributed by atoms with E-state index in [0.717, 1.165) is 11.1 Å². The zero-order valence-corrected chi connectivity index (χ0v) is 20.6. The molecule has 0 saturated carbocycles. The van der Waals surface area contributed by atoms with E-state index in [9.17, 15) is 13.2 Å². The maximum Gasteiger partial charge on any atom is 0.255 e. The molecule has 0 saturated heterocycles. The van der Waals surface area contributed by atoms with Crippen LogP contribution in [0.25, 0.3) is 0 Å². The summed E-state index contributed by atoms with van der Waals surface area (Å²) in [5.41, 5.74) is 3.33. The monoisotopic (exact) mass is 486 g/mol. The van der Waals surface area contributed by atoms with Gasteiger partial charge in [0.15, 0.2) is 0 Å². The third kappa shape index (κ3) is 5.74. The number of nitrogens with zero attached hydrogens (tertiary/aromatic N) is 1. The zero-order chi connectivity index (χ0) is 24.2. The summed E-state index contributed by atoms with van der Waals surface area (Å²) in [5, 5.41) is 3.42. The van der Waals surface area contributed by atoms with Crippen LogP contribution >= 0.6 is 11.6 Å². The predicted molar refractivity (Wildman–Crippen MR) is 132 cm³/mol. The first-order valence-corrected chi connectivity index (χ1v) is 12.3. The van der Waals surface area contributed by atoms with Gasteiger partial charge in [-0.15, -0.1) is 0 Å². The van der Waals surface area contributed by atoms with Gasteiger partial charge in [0.05, 0.1) is 11.5 Å². The molecule has 6 nitrogen and oxygen atoms in total. The third-order valence-electron chi connectivity index (χ3n) is 5.26. The number of aryl methyl sites for hydroxylation is 1. The van der Waals surface area contributed by atoms with Crippen molar-refractivity contribution in [2.24, 2.45) is 0 Å². The number of carbonyl (C=O) groups is 1. The Hall–Kier alpha value is -2.87. The topological polar surface area (TPSA) is 75.7 Å². The minimum atomic E-state index is -3.72. The number of halogens is 1. The number of nitrogens with one attached hydrogen (secondary N) is 1. The first kappa shape index (κ1) is 24.8. The lowest BCUT2D eigenvalue weighted by Gasteiger charge is -2.20. The molecule has 3 aromatic rings. The van der Waals surface area contributed by atoms with Crippen LogP contribution in [-0.4, -0.2) is 32.3 Å². The van der Waals surface area contributed by atoms with Crippen molar-refractivity contribution in [3.63, 3.8) is 0 Å². The van der Waals surface area contributed by atoms with Gasteiger partial charge in [0.25, 0.3) is 5.91 Å². The van der Waals surface area contributed by atoms with Crippen molar-refractivity contribution in [2.45, 2.75) is 32.2 Å². The van der Waals surface area contributed by atoms with Gasteiger partial charge in [0.2, 0.25) is 10.0 Å². The molecule has 0 bridgehead atoms. The van der Waals surface area contributed by atoms with Gasteiger partial charge in [-0.05, 0) is 68.8 Å². The van der Waals surface area contributed by atoms with E-state index >= 15 is 0 Å². The van der Waals surface area contributed by atoms with Gasteiger partial charge in [-0.3, -0.25) is 4.79 Å². The zero-order valence-electron chi connectivity index (χ0n) is 19.1. The highest BCUT2D eigenvalue weighted by Crippen LogP contribution is 2.27. The molecule has 0 radical (unpaired) electrons. The second kappa shape index (κ2) is 10.4. The van der Waals surface area contributed by atoms with Crippen molar-refractivity contribution in [1.82, 2.24) is 4.31 Å². The Labute approximate surface area is 200 Å². The Balaban J connectivity index is 1.89. The quantitative estimate of drug-likeness (QED) is 0.460. The molecule has 3 rings (SSSR count). The molecule has 1 amide bonds. The Morgan fingerprint density at radius 2 is 1.76 bits per heavy atom. The van der Waals surface area contributed by atoms with Crippen molar-refractivity contribution in [3.05, 3.63) is 87.9 Å². The van der Waals surface area contributed by atoms with Gasteiger partial charge in [-0.25, -0.2) is 8.42 Å². The number of hydrogen-bond donors (Lipinski definition) is 1. The fourth-order valence-corrected chi connectivity index (χ4v) is 4.62. The molecule has 0 atom stereocenters. The van der Waals surface area contributed by atoms with Crippen LogP contribution in [0.5, 0.6) is 5.75 Å². The summed E-state index contributed by atoms with van der Waals surface area (Å²) in [7, 11) is -2.21. The summed E-state index contributed by atoms with van der Waals surface area (Å²) >= 11 is 6.15. The number of ether oxygens (including phenoxy) is 1. The Morgan fingerprint density at radius 1 is 1.06 bits per heavy atom. The van der Waals surface area contributed by atoms with E-state index in [1.807, 2.05) is 20.8 Å². The van der Waals surface area contributed by atoms with Gasteiger partial charge < -0.3 is 10.1 Å². The maximum absolute atomic E-state index is 13.0. The number of sulfonamides is 1. The lowest BCUT2D eigenvalue weighted by atomic mass is 10.1. The van der Waals surface area contributed by atoms with Crippen molar-refractivity contribution < 1.29 is 17.9 Å². The van der Waals surface area contributed by atoms with Crippen LogP contribution in [0.2, 0.25) is 5.02 Å². The Bertz CT molecular complexity index is 1260. The van der Waals surface area contributed by atoms with Crippen molar-refractivity contribution in [3.8, 4) is 5.75 Å². The average molecular weight is 487 g/mol. The SMILES string of the molecule is CCOc1ccc(C(=O)Nc2cccc(Cl)c2C)cc1CN(C)S(=O)(=O)c1ccc(C)cc1. The third-order valence-corrected chi connectivity index (χ3v) is 7.49. The number of rotatable bonds is 8. The van der Waals surface area contributed by atoms with Gasteiger partial charge in [-0.1, -0.05) is 35.4 Å². The predicted octanol–water partition coefficient (Wildman–Crippen LogP) is 5.43. The van der Waals surface area contributed by atoms with Crippen LogP contribution in [0.3, 0.4) is 0 Å². The molecule has 8 heteroatoms. The molecule has 0 heterocycles. The lowest BCUT2D eigenvalue weighted by molar-refractivity contribution is 0.102. The minimum absolute atomic E-state index is 0.0445. The first-order chi connectivity index (χ1) is 15.6. The van der Waals surface area contributed by atoms with Gasteiger partial charge in [-0.2, -0.15) is 4.31 Å². The van der Waals surface area contributed by atoms with E-state index in [1.165, 1.54) is 11.4 Å². The van der Waals surface area contributed by atoms with E-state index in [4.69, 9.17) is 16.3 Å². The summed E-state index contributed by atoms with van der Waals surface area (Å²) in [5.74, 6) is 0.202. The fraction of sp³-hybridized carbons (Fsp3) is 0.240. The van der Waals surface area contributed by atoms with Crippen LogP contribution in [0.1, 0.15) is 34.0 Å². The number of amides is 1. The Morgan fingerprint density at radius 3 is 2.42 bits per heavy atom. The molecular formula is C25H27ClN2O4S. The van der Waals surface area contributed by atoms with E-state index < -0.39 is 10.0 Å². The Kier molecular flexibility index (Phi) is 7.79. The molecular weight excluding hydrogens is 460 g/mol. The molecule has 0 aromatic heterocycles. The highest BCUT2D eigenvalue weighted by molar-refractivity contribution is 7.89. The normalized spacial score (nSPS) is 11.5. The van der Waals surface area contributed by atoms with Crippen LogP contribution < -0.4 is 10.1 Å². The fourth-order valence-electron chi connectivity index (χ4n) is 3.29. The number of carbonyl (C=O) groups excluding carboxylic acids is 1. The summed E-state index contributed by atoms with van der Waals surface area (Å²) in [6, 6.07) is 17.0. The first-order valence-electron chi connectivity index (χ1n) is 10.5. The van der Waals surface area contributed by atoms with Gasteiger partial charge in [0, 0.05) is 35.4 Å². The smallest absolute Gasteiger partial charge is 0.255 e. The van der Waals surface area contributed by atoms with Gasteiger partial charge >= 0.3 is 0 Å². The largest absolute Gasteiger partial charge is 0.494 e. The van der Waals surface area contributed by atoms with Crippen molar-refractivity contribution in [1.29, 1.82) is 0 Å². The summed E-state index contributed by atoms with van der Waals surface area (Å²) in [4.78, 5) is 13.1. The van der Waals surface area contributed by atoms with E-state index in [-0.39, 0.29) is 17.3 Å². The average Bonchev–Trinajstić information content (AvgIpc) is 2.78. The molecule has 0 aliphatic rings. The van der Waals surface area contributed by atoms with Crippen LogP contribution in [-0.2, 0) is 16.6 Å². The maximum atomic E-state index is 13.0. The van der Waals surface area contributed by atoms with E-state index in [1.54, 1.807) is 60.7 Å². The minimum Gasteiger partial charge on any atom is -0.494 e. The van der Waals surface area contributed by atoms with Crippen molar-refractivity contribution >= 4 is 33.2 Å². The number of anilines is 1. The molecule has 0 aliphatic heterocycles. The number of benzene rings is 3. The second-order valence-electron chi connectivity index (χ2n) is 7.70. The molecule has 0 aliphatic carbocycles. The molecule has 3 aromatic carbocycles. The van der Waals surface area contributed by atoms with Gasteiger partial charge in [0.1, 0.15) is 5.75 Å². The summed E-state index contributed by atoms with van der Waals surface area (Å²) in [6.45, 7) is 6.03. The summed E-state index contributed by atoms with van der Waals surface area (Å²) < 4.78 is 33.0.